The first-order chi connectivity index (χ1) is 11.2. The van der Waals surface area contributed by atoms with Gasteiger partial charge in [-0.2, -0.15) is 5.10 Å². The van der Waals surface area contributed by atoms with E-state index in [4.69, 9.17) is 4.52 Å². The van der Waals surface area contributed by atoms with Gasteiger partial charge in [-0.25, -0.2) is 0 Å². The number of nitrogens with one attached hydrogen (secondary N) is 2. The Morgan fingerprint density at radius 2 is 2.30 bits per heavy atom. The Kier molecular flexibility index (Phi) is 4.76. The third kappa shape index (κ3) is 3.61. The summed E-state index contributed by atoms with van der Waals surface area (Å²) >= 11 is 0. The summed E-state index contributed by atoms with van der Waals surface area (Å²) in [5.74, 6) is 1.67. The van der Waals surface area contributed by atoms with Crippen LogP contribution in [0.5, 0.6) is 0 Å². The maximum absolute atomic E-state index is 12.5. The van der Waals surface area contributed by atoms with Crippen molar-refractivity contribution in [1.29, 1.82) is 0 Å². The summed E-state index contributed by atoms with van der Waals surface area (Å²) < 4.78 is 4.99. The smallest absolute Gasteiger partial charge is 0.242 e. The van der Waals surface area contributed by atoms with Gasteiger partial charge in [-0.05, 0) is 45.3 Å². The standard InChI is InChI=1S/C16H23N5O2/c1-3-14(16(22)18-15-10-11(2)23-20-15)21-8-5-12(6-9-21)13-4-7-17-19-13/h4,7,10,12,14H,3,5-6,8-9H2,1-2H3,(H,17,19)(H,18,20,22)/t14-/m0/s1. The van der Waals surface area contributed by atoms with Crippen LogP contribution in [0.25, 0.3) is 0 Å². The van der Waals surface area contributed by atoms with Crippen molar-refractivity contribution in [1.82, 2.24) is 20.3 Å². The Hall–Kier alpha value is -2.15. The van der Waals surface area contributed by atoms with E-state index >= 15 is 0 Å². The fourth-order valence-corrected chi connectivity index (χ4v) is 3.26. The number of H-pyrrole nitrogens is 1. The van der Waals surface area contributed by atoms with E-state index in [0.29, 0.717) is 17.5 Å². The van der Waals surface area contributed by atoms with Crippen molar-refractivity contribution in [2.24, 2.45) is 0 Å². The number of aromatic nitrogens is 3. The maximum Gasteiger partial charge on any atom is 0.242 e. The van der Waals surface area contributed by atoms with Crippen molar-refractivity contribution >= 4 is 11.7 Å². The number of aryl methyl sites for hydroxylation is 1. The second-order valence-electron chi connectivity index (χ2n) is 6.06. The van der Waals surface area contributed by atoms with Crippen LogP contribution in [0, 0.1) is 6.92 Å². The van der Waals surface area contributed by atoms with Crippen molar-refractivity contribution in [2.75, 3.05) is 18.4 Å². The summed E-state index contributed by atoms with van der Waals surface area (Å²) in [7, 11) is 0. The summed E-state index contributed by atoms with van der Waals surface area (Å²) in [4.78, 5) is 14.8. The van der Waals surface area contributed by atoms with Gasteiger partial charge in [-0.15, -0.1) is 0 Å². The van der Waals surface area contributed by atoms with Gasteiger partial charge in [0.15, 0.2) is 5.82 Å². The summed E-state index contributed by atoms with van der Waals surface area (Å²) in [5, 5.41) is 13.8. The molecule has 0 saturated carbocycles. The summed E-state index contributed by atoms with van der Waals surface area (Å²) in [6.45, 7) is 5.67. The molecule has 23 heavy (non-hydrogen) atoms. The molecule has 0 unspecified atom stereocenters. The molecule has 124 valence electrons. The number of anilines is 1. The molecule has 3 heterocycles. The highest BCUT2D eigenvalue weighted by molar-refractivity contribution is 5.94. The highest BCUT2D eigenvalue weighted by Gasteiger charge is 2.29. The molecule has 2 aromatic rings. The third-order valence-electron chi connectivity index (χ3n) is 4.50. The lowest BCUT2D eigenvalue weighted by Gasteiger charge is -2.36. The van der Waals surface area contributed by atoms with E-state index in [1.807, 2.05) is 13.0 Å². The number of hydrogen-bond donors (Lipinski definition) is 2. The van der Waals surface area contributed by atoms with E-state index in [-0.39, 0.29) is 11.9 Å². The first kappa shape index (κ1) is 15.7. The van der Waals surface area contributed by atoms with Crippen molar-refractivity contribution in [3.63, 3.8) is 0 Å². The predicted octanol–water partition coefficient (Wildman–Crippen LogP) is 2.30. The van der Waals surface area contributed by atoms with Crippen LogP contribution in [0.15, 0.2) is 22.9 Å². The topological polar surface area (TPSA) is 87.1 Å². The molecule has 0 aromatic carbocycles. The molecule has 0 radical (unpaired) electrons. The van der Waals surface area contributed by atoms with Gasteiger partial charge < -0.3 is 9.84 Å². The molecule has 1 atom stereocenters. The molecule has 3 rings (SSSR count). The van der Waals surface area contributed by atoms with Crippen LogP contribution < -0.4 is 5.32 Å². The Morgan fingerprint density at radius 1 is 1.52 bits per heavy atom. The van der Waals surface area contributed by atoms with Crippen molar-refractivity contribution < 1.29 is 9.32 Å². The zero-order valence-electron chi connectivity index (χ0n) is 13.6. The summed E-state index contributed by atoms with van der Waals surface area (Å²) in [6.07, 6.45) is 4.64. The molecule has 1 aliphatic rings. The second-order valence-corrected chi connectivity index (χ2v) is 6.06. The molecule has 1 aliphatic heterocycles. The van der Waals surface area contributed by atoms with Gasteiger partial charge in [0.05, 0.1) is 6.04 Å². The SMILES string of the molecule is CC[C@@H](C(=O)Nc1cc(C)on1)N1CCC(c2ccn[nH]2)CC1. The number of nitrogens with zero attached hydrogens (tertiary/aromatic N) is 3. The molecule has 7 heteroatoms. The fourth-order valence-electron chi connectivity index (χ4n) is 3.26. The number of aromatic amines is 1. The zero-order valence-corrected chi connectivity index (χ0v) is 13.6. The van der Waals surface area contributed by atoms with Gasteiger partial charge in [0.1, 0.15) is 5.76 Å². The Labute approximate surface area is 135 Å². The van der Waals surface area contributed by atoms with Gasteiger partial charge in [-0.3, -0.25) is 14.8 Å². The molecule has 2 N–H and O–H groups in total. The molecule has 1 fully saturated rings. The van der Waals surface area contributed by atoms with Crippen LogP contribution in [0.3, 0.4) is 0 Å². The van der Waals surface area contributed by atoms with E-state index in [0.717, 1.165) is 32.4 Å². The van der Waals surface area contributed by atoms with Crippen molar-refractivity contribution in [3.8, 4) is 0 Å². The van der Waals surface area contributed by atoms with Crippen molar-refractivity contribution in [2.45, 2.75) is 45.1 Å². The van der Waals surface area contributed by atoms with E-state index in [2.05, 4.69) is 25.6 Å². The van der Waals surface area contributed by atoms with Crippen LogP contribution in [0.2, 0.25) is 0 Å². The normalized spacial score (nSPS) is 18.0. The largest absolute Gasteiger partial charge is 0.360 e. The lowest BCUT2D eigenvalue weighted by molar-refractivity contribution is -0.121. The van der Waals surface area contributed by atoms with E-state index in [9.17, 15) is 4.79 Å². The minimum absolute atomic E-state index is 0.0132. The minimum Gasteiger partial charge on any atom is -0.360 e. The first-order valence-corrected chi connectivity index (χ1v) is 8.15. The van der Waals surface area contributed by atoms with Crippen LogP contribution in [0.4, 0.5) is 5.82 Å². The Balaban J connectivity index is 1.57. The highest BCUT2D eigenvalue weighted by Crippen LogP contribution is 2.28. The zero-order chi connectivity index (χ0) is 16.2. The third-order valence-corrected chi connectivity index (χ3v) is 4.50. The molecule has 0 spiro atoms. The lowest BCUT2D eigenvalue weighted by Crippen LogP contribution is -2.47. The average Bonchev–Trinajstić information content (AvgIpc) is 3.21. The van der Waals surface area contributed by atoms with E-state index in [1.165, 1.54) is 5.69 Å². The van der Waals surface area contributed by atoms with E-state index in [1.54, 1.807) is 19.2 Å². The maximum atomic E-state index is 12.5. The molecule has 7 nitrogen and oxygen atoms in total. The van der Waals surface area contributed by atoms with Crippen LogP contribution in [-0.2, 0) is 4.79 Å². The number of rotatable bonds is 5. The van der Waals surface area contributed by atoms with Crippen LogP contribution in [-0.4, -0.2) is 45.3 Å². The van der Waals surface area contributed by atoms with Gasteiger partial charge >= 0.3 is 0 Å². The highest BCUT2D eigenvalue weighted by atomic mass is 16.5. The van der Waals surface area contributed by atoms with Crippen LogP contribution in [0.1, 0.15) is 43.6 Å². The fraction of sp³-hybridized carbons (Fsp3) is 0.562. The van der Waals surface area contributed by atoms with Crippen molar-refractivity contribution in [3.05, 3.63) is 29.8 Å². The quantitative estimate of drug-likeness (QED) is 0.883. The Morgan fingerprint density at radius 3 is 2.87 bits per heavy atom. The monoisotopic (exact) mass is 317 g/mol. The number of carbonyl (C=O) groups is 1. The van der Waals surface area contributed by atoms with Gasteiger partial charge in [0.25, 0.3) is 0 Å². The number of carbonyl (C=O) groups excluding carboxylic acids is 1. The summed E-state index contributed by atoms with van der Waals surface area (Å²) in [6, 6.07) is 3.64. The van der Waals surface area contributed by atoms with Crippen LogP contribution >= 0.6 is 0 Å². The lowest BCUT2D eigenvalue weighted by atomic mass is 9.92. The molecule has 2 aromatic heterocycles. The van der Waals surface area contributed by atoms with Gasteiger partial charge in [0, 0.05) is 23.9 Å². The molecular weight excluding hydrogens is 294 g/mol. The molecule has 1 amide bonds. The Bertz CT molecular complexity index is 629. The predicted molar refractivity (Wildman–Crippen MR) is 86.1 cm³/mol. The minimum atomic E-state index is -0.130. The molecule has 1 saturated heterocycles. The van der Waals surface area contributed by atoms with E-state index < -0.39 is 0 Å². The molecule has 0 bridgehead atoms. The van der Waals surface area contributed by atoms with Gasteiger partial charge in [-0.1, -0.05) is 12.1 Å². The number of amides is 1. The number of likely N-dealkylation sites (tertiary alicyclic amines) is 1. The average molecular weight is 317 g/mol. The van der Waals surface area contributed by atoms with Gasteiger partial charge in [0.2, 0.25) is 5.91 Å². The first-order valence-electron chi connectivity index (χ1n) is 8.15. The molecular formula is C16H23N5O2. The number of piperidine rings is 1. The number of hydrogen-bond acceptors (Lipinski definition) is 5. The second kappa shape index (κ2) is 6.95. The molecule has 0 aliphatic carbocycles. The summed E-state index contributed by atoms with van der Waals surface area (Å²) in [5.41, 5.74) is 1.19.